The lowest BCUT2D eigenvalue weighted by Gasteiger charge is -2.33. The van der Waals surface area contributed by atoms with Crippen molar-refractivity contribution in [2.24, 2.45) is 5.92 Å². The van der Waals surface area contributed by atoms with Crippen molar-refractivity contribution in [2.75, 3.05) is 31.1 Å². The van der Waals surface area contributed by atoms with Gasteiger partial charge in [-0.2, -0.15) is 18.4 Å². The Balaban J connectivity index is 1.44. The number of hydrogen-bond donors (Lipinski definition) is 1. The largest absolute Gasteiger partial charge is 0.462 e. The van der Waals surface area contributed by atoms with E-state index in [1.165, 1.54) is 6.07 Å². The smallest absolute Gasteiger partial charge is 0.416 e. The van der Waals surface area contributed by atoms with Gasteiger partial charge >= 0.3 is 12.1 Å². The molecule has 0 aliphatic carbocycles. The predicted octanol–water partition coefficient (Wildman–Crippen LogP) is 3.13. The summed E-state index contributed by atoms with van der Waals surface area (Å²) in [5, 5.41) is 9.83. The zero-order valence-corrected chi connectivity index (χ0v) is 24.1. The van der Waals surface area contributed by atoms with Gasteiger partial charge < -0.3 is 14.5 Å². The van der Waals surface area contributed by atoms with Gasteiger partial charge in [-0.15, -0.1) is 0 Å². The number of ether oxygens (including phenoxy) is 1. The number of anilines is 1. The van der Waals surface area contributed by atoms with Crippen LogP contribution in [-0.4, -0.2) is 62.3 Å². The molecule has 230 valence electrons. The lowest BCUT2D eigenvalue weighted by atomic mass is 9.96. The number of likely N-dealkylation sites (tertiary alicyclic amines) is 1. The molecule has 0 radical (unpaired) electrons. The Kier molecular flexibility index (Phi) is 9.59. The first kappa shape index (κ1) is 31.7. The van der Waals surface area contributed by atoms with E-state index in [0.717, 1.165) is 24.3 Å². The number of nitrogens with zero attached hydrogens (tertiary/aromatic N) is 4. The van der Waals surface area contributed by atoms with Crippen LogP contribution in [0.4, 0.5) is 19.0 Å². The Labute approximate surface area is 246 Å². The summed E-state index contributed by atoms with van der Waals surface area (Å²) in [6.45, 7) is 2.84. The molecule has 0 atom stereocenters. The summed E-state index contributed by atoms with van der Waals surface area (Å²) < 4.78 is 70.6. The lowest BCUT2D eigenvalue weighted by Crippen LogP contribution is -2.43. The number of hydrogen-bond acceptors (Lipinski definition) is 9. The summed E-state index contributed by atoms with van der Waals surface area (Å²) in [4.78, 5) is 45.7. The number of rotatable bonds is 9. The fraction of sp³-hybridized carbons (Fsp3) is 0.464. The molecular weight excluding hydrogens is 591 g/mol. The van der Waals surface area contributed by atoms with Gasteiger partial charge in [-0.05, 0) is 49.9 Å². The number of halogens is 3. The summed E-state index contributed by atoms with van der Waals surface area (Å²) in [6, 6.07) is 7.09. The minimum absolute atomic E-state index is 0.0670. The maximum absolute atomic E-state index is 12.8. The van der Waals surface area contributed by atoms with Crippen molar-refractivity contribution < 1.29 is 40.7 Å². The number of aromatic nitrogens is 1. The van der Waals surface area contributed by atoms with E-state index < -0.39 is 45.3 Å². The van der Waals surface area contributed by atoms with E-state index >= 15 is 0 Å². The molecule has 2 saturated heterocycles. The molecule has 0 spiro atoms. The lowest BCUT2D eigenvalue weighted by molar-refractivity contribution is -0.137. The van der Waals surface area contributed by atoms with E-state index in [4.69, 9.17) is 4.74 Å². The molecular formula is C28H30F3N5O6S. The first-order valence-electron chi connectivity index (χ1n) is 13.7. The van der Waals surface area contributed by atoms with Crippen molar-refractivity contribution in [3.05, 3.63) is 58.3 Å². The number of piperidine rings is 1. The highest BCUT2D eigenvalue weighted by Gasteiger charge is 2.32. The van der Waals surface area contributed by atoms with Gasteiger partial charge in [0.05, 0.1) is 41.3 Å². The number of pyridine rings is 1. The molecule has 4 rings (SSSR count). The monoisotopic (exact) mass is 621 g/mol. The van der Waals surface area contributed by atoms with Crippen LogP contribution in [0.25, 0.3) is 0 Å². The fourth-order valence-corrected chi connectivity index (χ4v) is 6.23. The summed E-state index contributed by atoms with van der Waals surface area (Å²) in [5.41, 5.74) is -0.325. The summed E-state index contributed by atoms with van der Waals surface area (Å²) >= 11 is 0. The zero-order valence-electron chi connectivity index (χ0n) is 23.3. The molecule has 0 unspecified atom stereocenters. The quantitative estimate of drug-likeness (QED) is 0.417. The third-order valence-electron chi connectivity index (χ3n) is 7.27. The number of alkyl halides is 3. The van der Waals surface area contributed by atoms with Crippen LogP contribution >= 0.6 is 0 Å². The maximum atomic E-state index is 12.8. The third-order valence-corrected chi connectivity index (χ3v) is 8.49. The highest BCUT2D eigenvalue weighted by molar-refractivity contribution is 7.89. The van der Waals surface area contributed by atoms with E-state index in [2.05, 4.69) is 4.98 Å². The van der Waals surface area contributed by atoms with Crippen molar-refractivity contribution in [3.63, 3.8) is 0 Å². The van der Waals surface area contributed by atoms with E-state index in [0.29, 0.717) is 19.4 Å². The molecule has 2 aliphatic heterocycles. The van der Waals surface area contributed by atoms with Crippen molar-refractivity contribution in [2.45, 2.75) is 51.1 Å². The van der Waals surface area contributed by atoms with Crippen LogP contribution in [-0.2, 0) is 42.8 Å². The van der Waals surface area contributed by atoms with Crippen LogP contribution in [0.3, 0.4) is 0 Å². The Morgan fingerprint density at radius 2 is 1.84 bits per heavy atom. The van der Waals surface area contributed by atoms with E-state index in [1.54, 1.807) is 16.7 Å². The molecule has 1 aromatic carbocycles. The third kappa shape index (κ3) is 7.81. The van der Waals surface area contributed by atoms with Gasteiger partial charge in [0, 0.05) is 32.0 Å². The second kappa shape index (κ2) is 13.0. The zero-order chi connectivity index (χ0) is 31.4. The second-order valence-corrected chi connectivity index (χ2v) is 12.0. The molecule has 1 N–H and O–H groups in total. The molecule has 1 aromatic heterocycles. The molecule has 0 saturated carbocycles. The van der Waals surface area contributed by atoms with Crippen LogP contribution in [0, 0.1) is 17.2 Å². The van der Waals surface area contributed by atoms with Gasteiger partial charge in [0.2, 0.25) is 21.8 Å². The Bertz CT molecular complexity index is 1530. The highest BCUT2D eigenvalue weighted by Crippen LogP contribution is 2.30. The highest BCUT2D eigenvalue weighted by atomic mass is 32.2. The molecule has 2 aliphatic rings. The van der Waals surface area contributed by atoms with Crippen molar-refractivity contribution in [1.29, 1.82) is 5.26 Å². The standard InChI is InChI=1S/C28H30F3N5O6S/c1-2-42-27(39)22-14-20(15-32)25(33-23(22)16-36-11-3-4-24(36)37)35-12-9-19(10-13-35)26(38)34-43(40,41)17-18-5-7-21(8-6-18)28(29,30)31/h5-8,14,19H,2-4,9-13,16-17H2,1H3,(H,34,38). The van der Waals surface area contributed by atoms with Crippen molar-refractivity contribution in [3.8, 4) is 6.07 Å². The molecule has 2 aromatic rings. The molecule has 43 heavy (non-hydrogen) atoms. The number of amides is 2. The molecule has 2 fully saturated rings. The normalized spacial score (nSPS) is 16.2. The first-order chi connectivity index (χ1) is 20.3. The van der Waals surface area contributed by atoms with Crippen LogP contribution < -0.4 is 9.62 Å². The van der Waals surface area contributed by atoms with Gasteiger partial charge in [0.1, 0.15) is 11.9 Å². The number of carbonyl (C=O) groups is 3. The number of nitrogens with one attached hydrogen (secondary N) is 1. The van der Waals surface area contributed by atoms with Crippen LogP contribution in [0.2, 0.25) is 0 Å². The van der Waals surface area contributed by atoms with Gasteiger partial charge in [-0.1, -0.05) is 12.1 Å². The Morgan fingerprint density at radius 1 is 1.16 bits per heavy atom. The van der Waals surface area contributed by atoms with Crippen LogP contribution in [0.15, 0.2) is 30.3 Å². The molecule has 3 heterocycles. The topological polar surface area (TPSA) is 150 Å². The fourth-order valence-electron chi connectivity index (χ4n) is 5.06. The van der Waals surface area contributed by atoms with Gasteiger partial charge in [0.15, 0.2) is 0 Å². The molecule has 0 bridgehead atoms. The van der Waals surface area contributed by atoms with E-state index in [1.807, 2.05) is 10.8 Å². The number of sulfonamides is 1. The number of esters is 1. The maximum Gasteiger partial charge on any atom is 0.416 e. The van der Waals surface area contributed by atoms with Gasteiger partial charge in [-0.3, -0.25) is 14.3 Å². The second-order valence-electron chi connectivity index (χ2n) is 10.3. The minimum atomic E-state index is -4.55. The Morgan fingerprint density at radius 3 is 2.40 bits per heavy atom. The van der Waals surface area contributed by atoms with Crippen molar-refractivity contribution >= 4 is 33.6 Å². The molecule has 11 nitrogen and oxygen atoms in total. The first-order valence-corrected chi connectivity index (χ1v) is 15.3. The average molecular weight is 622 g/mol. The SMILES string of the molecule is CCOC(=O)c1cc(C#N)c(N2CCC(C(=O)NS(=O)(=O)Cc3ccc(C(F)(F)F)cc3)CC2)nc1CN1CCCC1=O. The Hall–Kier alpha value is -4.19. The van der Waals surface area contributed by atoms with E-state index in [9.17, 15) is 41.2 Å². The van der Waals surface area contributed by atoms with E-state index in [-0.39, 0.29) is 73.2 Å². The van der Waals surface area contributed by atoms with Crippen LogP contribution in [0.1, 0.15) is 65.3 Å². The predicted molar refractivity (Wildman–Crippen MR) is 147 cm³/mol. The van der Waals surface area contributed by atoms with Gasteiger partial charge in [0.25, 0.3) is 0 Å². The average Bonchev–Trinajstić information content (AvgIpc) is 3.36. The molecule has 15 heteroatoms. The minimum Gasteiger partial charge on any atom is -0.462 e. The summed E-state index contributed by atoms with van der Waals surface area (Å²) in [7, 11) is -4.17. The number of benzene rings is 1. The number of nitriles is 1. The number of carbonyl (C=O) groups excluding carboxylic acids is 3. The van der Waals surface area contributed by atoms with Crippen molar-refractivity contribution in [1.82, 2.24) is 14.6 Å². The molecule has 2 amide bonds. The summed E-state index contributed by atoms with van der Waals surface area (Å²) in [5.74, 6) is -2.52. The van der Waals surface area contributed by atoms with Gasteiger partial charge in [-0.25, -0.2) is 18.2 Å². The van der Waals surface area contributed by atoms with Crippen LogP contribution in [0.5, 0.6) is 0 Å². The summed E-state index contributed by atoms with van der Waals surface area (Å²) in [6.07, 6.45) is -3.01.